The Bertz CT molecular complexity index is 281. The average Bonchev–Trinajstić information content (AvgIpc) is 2.08. The number of ether oxygens (including phenoxy) is 1. The van der Waals surface area contributed by atoms with E-state index in [-0.39, 0.29) is 5.97 Å². The van der Waals surface area contributed by atoms with E-state index in [2.05, 4.69) is 0 Å². The Morgan fingerprint density at radius 3 is 2.54 bits per heavy atom. The van der Waals surface area contributed by atoms with Gasteiger partial charge in [0.25, 0.3) is 0 Å². The van der Waals surface area contributed by atoms with Gasteiger partial charge in [-0.15, -0.1) is 0 Å². The SMILES string of the molecule is CC(=O)Oc1ccc(CSO)cc1. The number of esters is 1. The number of carbonyl (C=O) groups is 1. The molecule has 1 aromatic rings. The van der Waals surface area contributed by atoms with E-state index in [1.54, 1.807) is 12.1 Å². The molecule has 1 N–H and O–H groups in total. The van der Waals surface area contributed by atoms with Crippen LogP contribution in [0.15, 0.2) is 24.3 Å². The van der Waals surface area contributed by atoms with E-state index in [4.69, 9.17) is 9.29 Å². The molecule has 1 aromatic carbocycles. The van der Waals surface area contributed by atoms with Gasteiger partial charge >= 0.3 is 5.97 Å². The minimum Gasteiger partial charge on any atom is -0.427 e. The molecule has 0 radical (unpaired) electrons. The minimum atomic E-state index is -0.329. The highest BCUT2D eigenvalue weighted by Gasteiger charge is 1.97. The van der Waals surface area contributed by atoms with E-state index < -0.39 is 0 Å². The molecule has 4 heteroatoms. The highest BCUT2D eigenvalue weighted by Crippen LogP contribution is 2.15. The number of hydrogen-bond acceptors (Lipinski definition) is 4. The number of rotatable bonds is 3. The fourth-order valence-electron chi connectivity index (χ4n) is 0.894. The maximum Gasteiger partial charge on any atom is 0.308 e. The molecule has 0 aliphatic carbocycles. The summed E-state index contributed by atoms with van der Waals surface area (Å²) in [4.78, 5) is 10.6. The van der Waals surface area contributed by atoms with Crippen molar-refractivity contribution in [2.24, 2.45) is 0 Å². The third-order valence-corrected chi connectivity index (χ3v) is 1.88. The predicted octanol–water partition coefficient (Wildman–Crippen LogP) is 2.32. The summed E-state index contributed by atoms with van der Waals surface area (Å²) in [5, 5.41) is 0. The topological polar surface area (TPSA) is 46.5 Å². The Hall–Kier alpha value is -1.00. The zero-order valence-electron chi connectivity index (χ0n) is 7.19. The molecule has 0 unspecified atom stereocenters. The van der Waals surface area contributed by atoms with Crippen LogP contribution in [0.3, 0.4) is 0 Å². The van der Waals surface area contributed by atoms with Crippen LogP contribution in [0, 0.1) is 0 Å². The quantitative estimate of drug-likeness (QED) is 0.460. The molecule has 0 bridgehead atoms. The van der Waals surface area contributed by atoms with Crippen LogP contribution in [0.5, 0.6) is 5.75 Å². The minimum absolute atomic E-state index is 0.329. The maximum atomic E-state index is 10.6. The zero-order valence-corrected chi connectivity index (χ0v) is 8.00. The lowest BCUT2D eigenvalue weighted by atomic mass is 10.2. The van der Waals surface area contributed by atoms with Crippen molar-refractivity contribution in [1.29, 1.82) is 0 Å². The van der Waals surface area contributed by atoms with Gasteiger partial charge in [0.2, 0.25) is 0 Å². The highest BCUT2D eigenvalue weighted by molar-refractivity contribution is 7.92. The number of carbonyl (C=O) groups excluding carboxylic acids is 1. The molecule has 0 aliphatic heterocycles. The molecule has 3 nitrogen and oxygen atoms in total. The standard InChI is InChI=1S/C9H10O3S/c1-7(10)12-9-4-2-8(3-5-9)6-13-11/h2-5,11H,6H2,1H3. The third-order valence-electron chi connectivity index (χ3n) is 1.42. The van der Waals surface area contributed by atoms with E-state index >= 15 is 0 Å². The molecule has 13 heavy (non-hydrogen) atoms. The van der Waals surface area contributed by atoms with Gasteiger partial charge in [-0.3, -0.25) is 4.79 Å². The van der Waals surface area contributed by atoms with Gasteiger partial charge in [-0.1, -0.05) is 12.1 Å². The predicted molar refractivity (Wildman–Crippen MR) is 51.7 cm³/mol. The van der Waals surface area contributed by atoms with Gasteiger partial charge in [0.15, 0.2) is 0 Å². The summed E-state index contributed by atoms with van der Waals surface area (Å²) >= 11 is 0.767. The molecule has 0 saturated heterocycles. The molecule has 0 saturated carbocycles. The van der Waals surface area contributed by atoms with Crippen molar-refractivity contribution in [3.8, 4) is 5.75 Å². The van der Waals surface area contributed by atoms with Crippen molar-refractivity contribution in [1.82, 2.24) is 0 Å². The smallest absolute Gasteiger partial charge is 0.308 e. The average molecular weight is 198 g/mol. The van der Waals surface area contributed by atoms with Crippen molar-refractivity contribution in [3.63, 3.8) is 0 Å². The summed E-state index contributed by atoms with van der Waals surface area (Å²) in [7, 11) is 0. The van der Waals surface area contributed by atoms with Crippen LogP contribution in [0.4, 0.5) is 0 Å². The van der Waals surface area contributed by atoms with Crippen LogP contribution >= 0.6 is 12.0 Å². The number of hydrogen-bond donors (Lipinski definition) is 1. The highest BCUT2D eigenvalue weighted by atomic mass is 32.2. The monoisotopic (exact) mass is 198 g/mol. The third kappa shape index (κ3) is 3.48. The van der Waals surface area contributed by atoms with E-state index in [0.717, 1.165) is 17.6 Å². The van der Waals surface area contributed by atoms with Gasteiger partial charge in [0, 0.05) is 12.7 Å². The molecular weight excluding hydrogens is 188 g/mol. The second-order valence-electron chi connectivity index (χ2n) is 2.51. The lowest BCUT2D eigenvalue weighted by Gasteiger charge is -2.01. The Morgan fingerprint density at radius 2 is 2.08 bits per heavy atom. The summed E-state index contributed by atoms with van der Waals surface area (Å²) in [6.07, 6.45) is 0. The lowest BCUT2D eigenvalue weighted by molar-refractivity contribution is -0.131. The van der Waals surface area contributed by atoms with Crippen LogP contribution in [0.25, 0.3) is 0 Å². The van der Waals surface area contributed by atoms with E-state index in [1.165, 1.54) is 6.92 Å². The van der Waals surface area contributed by atoms with Crippen molar-refractivity contribution >= 4 is 18.0 Å². The van der Waals surface area contributed by atoms with E-state index in [9.17, 15) is 4.79 Å². The largest absolute Gasteiger partial charge is 0.427 e. The molecule has 0 aliphatic rings. The second-order valence-corrected chi connectivity index (χ2v) is 3.06. The summed E-state index contributed by atoms with van der Waals surface area (Å²) in [5.74, 6) is 0.740. The molecule has 0 amide bonds. The fourth-order valence-corrected chi connectivity index (χ4v) is 1.24. The second kappa shape index (κ2) is 4.89. The Labute approximate surface area is 80.9 Å². The van der Waals surface area contributed by atoms with Crippen LogP contribution in [-0.2, 0) is 10.5 Å². The summed E-state index contributed by atoms with van der Waals surface area (Å²) in [5.41, 5.74) is 0.989. The number of benzene rings is 1. The van der Waals surface area contributed by atoms with Gasteiger partial charge in [-0.25, -0.2) is 0 Å². The summed E-state index contributed by atoms with van der Waals surface area (Å²) in [6.45, 7) is 1.36. The lowest BCUT2D eigenvalue weighted by Crippen LogP contribution is -2.00. The van der Waals surface area contributed by atoms with Crippen LogP contribution in [-0.4, -0.2) is 10.5 Å². The molecule has 0 spiro atoms. The molecule has 1 rings (SSSR count). The Balaban J connectivity index is 2.64. The van der Waals surface area contributed by atoms with E-state index in [1.807, 2.05) is 12.1 Å². The van der Waals surface area contributed by atoms with Gasteiger partial charge in [0.05, 0.1) is 0 Å². The van der Waals surface area contributed by atoms with Crippen molar-refractivity contribution in [2.75, 3.05) is 0 Å². The van der Waals surface area contributed by atoms with Crippen LogP contribution in [0.1, 0.15) is 12.5 Å². The summed E-state index contributed by atoms with van der Waals surface area (Å²) < 4.78 is 13.4. The maximum absolute atomic E-state index is 10.6. The molecular formula is C9H10O3S. The van der Waals surface area contributed by atoms with Gasteiger partial charge in [-0.05, 0) is 29.7 Å². The zero-order chi connectivity index (χ0) is 9.68. The molecule has 0 atom stereocenters. The Morgan fingerprint density at radius 1 is 1.46 bits per heavy atom. The van der Waals surface area contributed by atoms with Crippen molar-refractivity contribution in [3.05, 3.63) is 29.8 Å². The first-order valence-electron chi connectivity index (χ1n) is 3.76. The summed E-state index contributed by atoms with van der Waals surface area (Å²) in [6, 6.07) is 7.02. The molecule has 0 fully saturated rings. The van der Waals surface area contributed by atoms with E-state index in [0.29, 0.717) is 11.5 Å². The first kappa shape index (κ1) is 10.1. The Kier molecular flexibility index (Phi) is 3.79. The van der Waals surface area contributed by atoms with Crippen LogP contribution < -0.4 is 4.74 Å². The molecule has 70 valence electrons. The first-order chi connectivity index (χ1) is 6.22. The van der Waals surface area contributed by atoms with Crippen molar-refractivity contribution < 1.29 is 14.1 Å². The van der Waals surface area contributed by atoms with Gasteiger partial charge < -0.3 is 9.29 Å². The van der Waals surface area contributed by atoms with Crippen molar-refractivity contribution in [2.45, 2.75) is 12.7 Å². The molecule has 0 aromatic heterocycles. The van der Waals surface area contributed by atoms with Gasteiger partial charge in [-0.2, -0.15) is 0 Å². The normalized spacial score (nSPS) is 9.69. The van der Waals surface area contributed by atoms with Crippen LogP contribution in [0.2, 0.25) is 0 Å². The fraction of sp³-hybridized carbons (Fsp3) is 0.222. The van der Waals surface area contributed by atoms with Gasteiger partial charge in [0.1, 0.15) is 5.75 Å². The first-order valence-corrected chi connectivity index (χ1v) is 4.70. The molecule has 0 heterocycles.